The monoisotopic (exact) mass is 387 g/mol. The molecule has 0 unspecified atom stereocenters. The molecule has 0 aliphatic rings. The molecule has 0 saturated carbocycles. The van der Waals surface area contributed by atoms with E-state index in [9.17, 15) is 0 Å². The third-order valence-corrected chi connectivity index (χ3v) is 5.61. The topological polar surface area (TPSA) is 15.8 Å². The van der Waals surface area contributed by atoms with Crippen molar-refractivity contribution >= 4 is 32.4 Å². The van der Waals surface area contributed by atoms with Gasteiger partial charge >= 0.3 is 35.0 Å². The number of rotatable bonds is 1. The van der Waals surface area contributed by atoms with E-state index in [2.05, 4.69) is 58.7 Å². The molecule has 1 aromatic heterocycles. The van der Waals surface area contributed by atoms with E-state index in [-0.39, 0.29) is 23.9 Å². The van der Waals surface area contributed by atoms with Crippen molar-refractivity contribution in [2.24, 2.45) is 0 Å². The van der Waals surface area contributed by atoms with Crippen LogP contribution in [0.3, 0.4) is 0 Å². The SMILES string of the molecule is CC(C)(C)P(c1ccc[nH]1)C(C)(C)C.[Cl][Pd][Cl]. The molecule has 1 aromatic rings. The second-order valence-electron chi connectivity index (χ2n) is 5.78. The first kappa shape index (κ1) is 18.0. The van der Waals surface area contributed by atoms with Gasteiger partial charge in [-0.2, -0.15) is 0 Å². The number of aromatic nitrogens is 1. The zero-order valence-electron chi connectivity index (χ0n) is 11.3. The van der Waals surface area contributed by atoms with Crippen LogP contribution in [0.1, 0.15) is 41.5 Å². The number of halogens is 2. The molecular formula is C12H22Cl2NPPd. The Balaban J connectivity index is 0.000000770. The van der Waals surface area contributed by atoms with Crippen molar-refractivity contribution in [3.63, 3.8) is 0 Å². The van der Waals surface area contributed by atoms with E-state index >= 15 is 0 Å². The van der Waals surface area contributed by atoms with Crippen molar-refractivity contribution in [1.82, 2.24) is 4.98 Å². The minimum absolute atomic E-state index is 0.106. The Bertz CT molecular complexity index is 287. The number of H-pyrrole nitrogens is 1. The van der Waals surface area contributed by atoms with Gasteiger partial charge in [0.25, 0.3) is 0 Å². The fourth-order valence-electron chi connectivity index (χ4n) is 2.19. The molecule has 1 nitrogen and oxygen atoms in total. The molecule has 5 heteroatoms. The Morgan fingerprint density at radius 1 is 1.06 bits per heavy atom. The fourth-order valence-corrected chi connectivity index (χ4v) is 6.09. The molecule has 104 valence electrons. The van der Waals surface area contributed by atoms with E-state index in [1.807, 2.05) is 6.20 Å². The summed E-state index contributed by atoms with van der Waals surface area (Å²) in [4.78, 5) is 3.38. The van der Waals surface area contributed by atoms with E-state index in [1.165, 1.54) is 5.44 Å². The number of hydrogen-bond donors (Lipinski definition) is 1. The minimum atomic E-state index is -0.156. The molecule has 1 heterocycles. The van der Waals surface area contributed by atoms with Crippen molar-refractivity contribution < 1.29 is 15.9 Å². The molecule has 0 atom stereocenters. The Labute approximate surface area is 123 Å². The Morgan fingerprint density at radius 2 is 1.47 bits per heavy atom. The predicted molar refractivity (Wildman–Crippen MR) is 78.6 cm³/mol. The van der Waals surface area contributed by atoms with Crippen LogP contribution in [0.25, 0.3) is 0 Å². The number of nitrogens with one attached hydrogen (secondary N) is 1. The first-order valence-corrected chi connectivity index (χ1v) is 10.7. The summed E-state index contributed by atoms with van der Waals surface area (Å²) in [5.41, 5.74) is 1.42. The van der Waals surface area contributed by atoms with Gasteiger partial charge in [-0.15, -0.1) is 0 Å². The average Bonchev–Trinajstić information content (AvgIpc) is 2.52. The molecule has 0 amide bonds. The van der Waals surface area contributed by atoms with Crippen LogP contribution in [-0.4, -0.2) is 15.3 Å². The maximum absolute atomic E-state index is 4.81. The van der Waals surface area contributed by atoms with Crippen LogP contribution < -0.4 is 5.44 Å². The third kappa shape index (κ3) is 6.61. The number of hydrogen-bond acceptors (Lipinski definition) is 0. The molecule has 1 N–H and O–H groups in total. The van der Waals surface area contributed by atoms with Crippen molar-refractivity contribution in [1.29, 1.82) is 0 Å². The molecule has 17 heavy (non-hydrogen) atoms. The van der Waals surface area contributed by atoms with E-state index in [0.29, 0.717) is 10.3 Å². The van der Waals surface area contributed by atoms with Gasteiger partial charge in [-0.3, -0.25) is 0 Å². The summed E-state index contributed by atoms with van der Waals surface area (Å²) in [5, 5.41) is 0.719. The summed E-state index contributed by atoms with van der Waals surface area (Å²) < 4.78 is 0. The van der Waals surface area contributed by atoms with Crippen molar-refractivity contribution in [3.05, 3.63) is 18.3 Å². The molecule has 0 fully saturated rings. The van der Waals surface area contributed by atoms with Crippen molar-refractivity contribution in [2.45, 2.75) is 51.9 Å². The van der Waals surface area contributed by atoms with Gasteiger partial charge < -0.3 is 4.98 Å². The van der Waals surface area contributed by atoms with Crippen LogP contribution in [0, 0.1) is 0 Å². The molecule has 0 aliphatic carbocycles. The Hall–Kier alpha value is 0.952. The molecular weight excluding hydrogens is 366 g/mol. The molecule has 0 saturated heterocycles. The van der Waals surface area contributed by atoms with Crippen LogP contribution >= 0.6 is 27.0 Å². The molecule has 1 rings (SSSR count). The third-order valence-electron chi connectivity index (χ3n) is 2.16. The zero-order valence-corrected chi connectivity index (χ0v) is 15.2. The Morgan fingerprint density at radius 3 is 1.71 bits per heavy atom. The Kier molecular flexibility index (Phi) is 7.94. The summed E-state index contributed by atoms with van der Waals surface area (Å²) in [6.45, 7) is 14.0. The van der Waals surface area contributed by atoms with Gasteiger partial charge in [0.2, 0.25) is 0 Å². The van der Waals surface area contributed by atoms with E-state index in [0.717, 1.165) is 0 Å². The first-order valence-electron chi connectivity index (χ1n) is 5.40. The van der Waals surface area contributed by atoms with Gasteiger partial charge in [-0.05, 0) is 30.4 Å². The van der Waals surface area contributed by atoms with Crippen LogP contribution in [-0.2, 0) is 15.9 Å². The molecule has 0 aromatic carbocycles. The van der Waals surface area contributed by atoms with E-state index in [1.54, 1.807) is 0 Å². The second-order valence-corrected chi connectivity index (χ2v) is 12.0. The van der Waals surface area contributed by atoms with Gasteiger partial charge in [0.1, 0.15) is 0 Å². The fraction of sp³-hybridized carbons (Fsp3) is 0.667. The predicted octanol–water partition coefficient (Wildman–Crippen LogP) is 5.10. The van der Waals surface area contributed by atoms with Crippen LogP contribution in [0.15, 0.2) is 18.3 Å². The van der Waals surface area contributed by atoms with Crippen LogP contribution in [0.4, 0.5) is 0 Å². The summed E-state index contributed by atoms with van der Waals surface area (Å²) in [5.74, 6) is 0. The number of aromatic amines is 1. The molecule has 0 aliphatic heterocycles. The summed E-state index contributed by atoms with van der Waals surface area (Å²) in [6, 6.07) is 4.32. The molecule has 0 bridgehead atoms. The van der Waals surface area contributed by atoms with Gasteiger partial charge in [0, 0.05) is 11.6 Å². The van der Waals surface area contributed by atoms with Crippen molar-refractivity contribution in [3.8, 4) is 0 Å². The van der Waals surface area contributed by atoms with Gasteiger partial charge in [0.15, 0.2) is 0 Å². The molecule has 0 spiro atoms. The van der Waals surface area contributed by atoms with Crippen LogP contribution in [0.5, 0.6) is 0 Å². The first-order chi connectivity index (χ1) is 7.64. The van der Waals surface area contributed by atoms with Gasteiger partial charge in [0.05, 0.1) is 0 Å². The summed E-state index contributed by atoms with van der Waals surface area (Å²) in [6.07, 6.45) is 2.03. The van der Waals surface area contributed by atoms with Crippen molar-refractivity contribution in [2.75, 3.05) is 0 Å². The van der Waals surface area contributed by atoms with Crippen LogP contribution in [0.2, 0.25) is 0 Å². The van der Waals surface area contributed by atoms with E-state index < -0.39 is 0 Å². The van der Waals surface area contributed by atoms with Gasteiger partial charge in [-0.25, -0.2) is 0 Å². The summed E-state index contributed by atoms with van der Waals surface area (Å²) >= 11 is -0.106. The standard InChI is InChI=1S/C12H22NP.2ClH.Pd/c1-11(2,3)14(12(4,5)6)10-8-7-9-13-10;;;/h7-9,13H,1-6H3;2*1H;/q;;;+2/p-2. The summed E-state index contributed by atoms with van der Waals surface area (Å²) in [7, 11) is 9.47. The maximum atomic E-state index is 4.81. The molecule has 0 radical (unpaired) electrons. The quantitative estimate of drug-likeness (QED) is 0.509. The second kappa shape index (κ2) is 7.52. The van der Waals surface area contributed by atoms with Gasteiger partial charge in [-0.1, -0.05) is 41.5 Å². The van der Waals surface area contributed by atoms with E-state index in [4.69, 9.17) is 19.1 Å². The zero-order chi connectivity index (χ0) is 13.7. The average molecular weight is 389 g/mol. The normalized spacial score (nSPS) is 12.5.